The zero-order chi connectivity index (χ0) is 9.97. The number of likely N-dealkylation sites (N-methyl/N-ethyl adjacent to an activating group) is 1. The van der Waals surface area contributed by atoms with Gasteiger partial charge in [0.1, 0.15) is 5.75 Å². The average Bonchev–Trinajstić information content (AvgIpc) is 2.18. The molecule has 1 aliphatic rings. The fraction of sp³-hybridized carbons (Fsp3) is 0.455. The number of nitrogens with one attached hydrogen (secondary N) is 1. The number of phenols is 1. The van der Waals surface area contributed by atoms with Crippen molar-refractivity contribution in [2.24, 2.45) is 0 Å². The molecule has 0 amide bonds. The Morgan fingerprint density at radius 3 is 3.07 bits per heavy atom. The van der Waals surface area contributed by atoms with Crippen molar-refractivity contribution in [3.8, 4) is 5.75 Å². The van der Waals surface area contributed by atoms with Gasteiger partial charge in [-0.3, -0.25) is 0 Å². The SMILES string of the molecule is CN1CCNC(c2cccc(O)c2)C1. The van der Waals surface area contributed by atoms with Crippen LogP contribution in [0, 0.1) is 0 Å². The van der Waals surface area contributed by atoms with Crippen molar-refractivity contribution in [1.29, 1.82) is 0 Å². The molecular weight excluding hydrogens is 176 g/mol. The van der Waals surface area contributed by atoms with Crippen LogP contribution in [0.4, 0.5) is 0 Å². The first-order valence-corrected chi connectivity index (χ1v) is 4.96. The molecule has 1 aliphatic heterocycles. The van der Waals surface area contributed by atoms with Gasteiger partial charge < -0.3 is 15.3 Å². The van der Waals surface area contributed by atoms with Gasteiger partial charge in [-0.2, -0.15) is 0 Å². The molecule has 1 saturated heterocycles. The lowest BCUT2D eigenvalue weighted by molar-refractivity contribution is 0.240. The van der Waals surface area contributed by atoms with Crippen molar-refractivity contribution in [2.75, 3.05) is 26.7 Å². The number of benzene rings is 1. The predicted octanol–water partition coefficient (Wildman–Crippen LogP) is 0.968. The van der Waals surface area contributed by atoms with Crippen LogP contribution < -0.4 is 5.32 Å². The molecule has 0 saturated carbocycles. The first-order chi connectivity index (χ1) is 6.75. The van der Waals surface area contributed by atoms with E-state index in [0.717, 1.165) is 25.2 Å². The van der Waals surface area contributed by atoms with Crippen LogP contribution in [0.15, 0.2) is 24.3 Å². The van der Waals surface area contributed by atoms with Crippen LogP contribution in [0.3, 0.4) is 0 Å². The normalized spacial score (nSPS) is 23.6. The van der Waals surface area contributed by atoms with Crippen LogP contribution in [-0.2, 0) is 0 Å². The summed E-state index contributed by atoms with van der Waals surface area (Å²) in [7, 11) is 2.12. The largest absolute Gasteiger partial charge is 0.508 e. The number of nitrogens with zero attached hydrogens (tertiary/aromatic N) is 1. The molecule has 3 nitrogen and oxygen atoms in total. The Kier molecular flexibility index (Phi) is 2.70. The summed E-state index contributed by atoms with van der Waals surface area (Å²) in [6, 6.07) is 7.82. The molecule has 0 bridgehead atoms. The second kappa shape index (κ2) is 3.98. The lowest BCUT2D eigenvalue weighted by atomic mass is 10.0. The summed E-state index contributed by atoms with van der Waals surface area (Å²) in [6.45, 7) is 3.11. The van der Waals surface area contributed by atoms with Gasteiger partial charge in [0.05, 0.1) is 0 Å². The lowest BCUT2D eigenvalue weighted by Crippen LogP contribution is -2.43. The maximum Gasteiger partial charge on any atom is 0.115 e. The quantitative estimate of drug-likeness (QED) is 0.696. The molecule has 14 heavy (non-hydrogen) atoms. The van der Waals surface area contributed by atoms with Crippen LogP contribution >= 0.6 is 0 Å². The van der Waals surface area contributed by atoms with Gasteiger partial charge in [0.15, 0.2) is 0 Å². The maximum absolute atomic E-state index is 9.37. The van der Waals surface area contributed by atoms with E-state index in [-0.39, 0.29) is 0 Å². The van der Waals surface area contributed by atoms with E-state index in [1.54, 1.807) is 6.07 Å². The number of rotatable bonds is 1. The van der Waals surface area contributed by atoms with Gasteiger partial charge in [-0.15, -0.1) is 0 Å². The zero-order valence-corrected chi connectivity index (χ0v) is 8.40. The summed E-state index contributed by atoms with van der Waals surface area (Å²) in [5.41, 5.74) is 1.16. The van der Waals surface area contributed by atoms with Crippen LogP contribution in [0.25, 0.3) is 0 Å². The van der Waals surface area contributed by atoms with Crippen molar-refractivity contribution in [1.82, 2.24) is 10.2 Å². The lowest BCUT2D eigenvalue weighted by Gasteiger charge is -2.31. The molecule has 2 N–H and O–H groups in total. The van der Waals surface area contributed by atoms with Gasteiger partial charge in [0.2, 0.25) is 0 Å². The Balaban J connectivity index is 2.14. The molecule has 1 aromatic carbocycles. The number of phenolic OH excluding ortho intramolecular Hbond substituents is 1. The standard InChI is InChI=1S/C11H16N2O/c1-13-6-5-12-11(8-13)9-3-2-4-10(14)7-9/h2-4,7,11-12,14H,5-6,8H2,1H3. The zero-order valence-electron chi connectivity index (χ0n) is 8.40. The van der Waals surface area contributed by atoms with Gasteiger partial charge in [0, 0.05) is 25.7 Å². The van der Waals surface area contributed by atoms with Crippen molar-refractivity contribution in [3.05, 3.63) is 29.8 Å². The van der Waals surface area contributed by atoms with E-state index in [1.165, 1.54) is 0 Å². The minimum absolute atomic E-state index is 0.345. The predicted molar refractivity (Wildman–Crippen MR) is 56.3 cm³/mol. The third kappa shape index (κ3) is 2.05. The minimum atomic E-state index is 0.345. The van der Waals surface area contributed by atoms with E-state index >= 15 is 0 Å². The Bertz CT molecular complexity index is 314. The first kappa shape index (κ1) is 9.49. The van der Waals surface area contributed by atoms with Crippen molar-refractivity contribution in [3.63, 3.8) is 0 Å². The van der Waals surface area contributed by atoms with E-state index in [1.807, 2.05) is 12.1 Å². The highest BCUT2D eigenvalue weighted by Crippen LogP contribution is 2.20. The van der Waals surface area contributed by atoms with Crippen LogP contribution in [-0.4, -0.2) is 36.7 Å². The van der Waals surface area contributed by atoms with Crippen molar-refractivity contribution >= 4 is 0 Å². The number of aromatic hydroxyl groups is 1. The fourth-order valence-corrected chi connectivity index (χ4v) is 1.86. The van der Waals surface area contributed by atoms with Crippen molar-refractivity contribution in [2.45, 2.75) is 6.04 Å². The molecule has 1 heterocycles. The summed E-state index contributed by atoms with van der Waals surface area (Å²) in [5, 5.41) is 12.8. The Morgan fingerprint density at radius 2 is 2.36 bits per heavy atom. The van der Waals surface area contributed by atoms with E-state index in [4.69, 9.17) is 0 Å². The molecule has 0 aliphatic carbocycles. The molecule has 1 fully saturated rings. The summed E-state index contributed by atoms with van der Waals surface area (Å²) in [6.07, 6.45) is 0. The Labute approximate surface area is 84.4 Å². The van der Waals surface area contributed by atoms with E-state index < -0.39 is 0 Å². The van der Waals surface area contributed by atoms with Crippen LogP contribution in [0.5, 0.6) is 5.75 Å². The highest BCUT2D eigenvalue weighted by atomic mass is 16.3. The third-order valence-corrected chi connectivity index (χ3v) is 2.65. The van der Waals surface area contributed by atoms with E-state index in [0.29, 0.717) is 11.8 Å². The Morgan fingerprint density at radius 1 is 1.50 bits per heavy atom. The second-order valence-corrected chi connectivity index (χ2v) is 3.86. The topological polar surface area (TPSA) is 35.5 Å². The highest BCUT2D eigenvalue weighted by Gasteiger charge is 2.17. The number of hydrogen-bond donors (Lipinski definition) is 2. The third-order valence-electron chi connectivity index (χ3n) is 2.65. The van der Waals surface area contributed by atoms with E-state index in [2.05, 4.69) is 23.3 Å². The number of hydrogen-bond acceptors (Lipinski definition) is 3. The molecule has 76 valence electrons. The van der Waals surface area contributed by atoms with Crippen molar-refractivity contribution < 1.29 is 5.11 Å². The van der Waals surface area contributed by atoms with Gasteiger partial charge in [-0.05, 0) is 24.7 Å². The monoisotopic (exact) mass is 192 g/mol. The molecule has 0 spiro atoms. The minimum Gasteiger partial charge on any atom is -0.508 e. The summed E-state index contributed by atoms with van der Waals surface area (Å²) in [4.78, 5) is 2.30. The smallest absolute Gasteiger partial charge is 0.115 e. The summed E-state index contributed by atoms with van der Waals surface area (Å²) >= 11 is 0. The van der Waals surface area contributed by atoms with Crippen LogP contribution in [0.1, 0.15) is 11.6 Å². The molecule has 0 aromatic heterocycles. The molecule has 0 radical (unpaired) electrons. The van der Waals surface area contributed by atoms with Gasteiger partial charge >= 0.3 is 0 Å². The molecule has 1 unspecified atom stereocenters. The fourth-order valence-electron chi connectivity index (χ4n) is 1.86. The molecule has 3 heteroatoms. The molecule has 1 aromatic rings. The molecule has 2 rings (SSSR count). The second-order valence-electron chi connectivity index (χ2n) is 3.86. The first-order valence-electron chi connectivity index (χ1n) is 4.96. The average molecular weight is 192 g/mol. The maximum atomic E-state index is 9.37. The summed E-state index contributed by atoms with van der Waals surface area (Å²) < 4.78 is 0. The summed E-state index contributed by atoms with van der Waals surface area (Å²) in [5.74, 6) is 0.345. The Hall–Kier alpha value is -1.06. The van der Waals surface area contributed by atoms with Gasteiger partial charge in [0.25, 0.3) is 0 Å². The van der Waals surface area contributed by atoms with Gasteiger partial charge in [-0.25, -0.2) is 0 Å². The van der Waals surface area contributed by atoms with Crippen LogP contribution in [0.2, 0.25) is 0 Å². The molecule has 1 atom stereocenters. The highest BCUT2D eigenvalue weighted by molar-refractivity contribution is 5.29. The van der Waals surface area contributed by atoms with Gasteiger partial charge in [-0.1, -0.05) is 12.1 Å². The molecular formula is C11H16N2O. The number of piperazine rings is 1. The van der Waals surface area contributed by atoms with E-state index in [9.17, 15) is 5.11 Å².